The Labute approximate surface area is 123 Å². The van der Waals surface area contributed by atoms with Crippen LogP contribution in [0.5, 0.6) is 0 Å². The van der Waals surface area contributed by atoms with Gasteiger partial charge in [-0.15, -0.1) is 0 Å². The van der Waals surface area contributed by atoms with Crippen LogP contribution in [-0.2, 0) is 14.8 Å². The van der Waals surface area contributed by atoms with Gasteiger partial charge in [-0.25, -0.2) is 13.2 Å². The summed E-state index contributed by atoms with van der Waals surface area (Å²) < 4.78 is 26.4. The number of rotatable bonds is 5. The predicted molar refractivity (Wildman–Crippen MR) is 79.6 cm³/mol. The highest BCUT2D eigenvalue weighted by atomic mass is 32.2. The van der Waals surface area contributed by atoms with Gasteiger partial charge in [0.05, 0.1) is 10.6 Å². The first-order valence-electron chi connectivity index (χ1n) is 6.32. The molecule has 0 saturated heterocycles. The Morgan fingerprint density at radius 1 is 1.00 bits per heavy atom. The fraction of sp³-hybridized carbons (Fsp3) is 0.133. The van der Waals surface area contributed by atoms with Crippen LogP contribution < -0.4 is 4.31 Å². The average Bonchev–Trinajstić information content (AvgIpc) is 2.49. The van der Waals surface area contributed by atoms with E-state index in [1.165, 1.54) is 19.1 Å². The van der Waals surface area contributed by atoms with Crippen LogP contribution in [0.1, 0.15) is 6.92 Å². The van der Waals surface area contributed by atoms with Gasteiger partial charge in [0, 0.05) is 0 Å². The van der Waals surface area contributed by atoms with Crippen LogP contribution in [-0.4, -0.2) is 25.5 Å². The summed E-state index contributed by atoms with van der Waals surface area (Å²) in [6.07, 6.45) is 0. The molecule has 0 fully saturated rings. The van der Waals surface area contributed by atoms with Gasteiger partial charge >= 0.3 is 5.97 Å². The smallest absolute Gasteiger partial charge is 0.327 e. The van der Waals surface area contributed by atoms with E-state index >= 15 is 0 Å². The maximum absolute atomic E-state index is 12.7. The van der Waals surface area contributed by atoms with Gasteiger partial charge < -0.3 is 5.11 Å². The summed E-state index contributed by atoms with van der Waals surface area (Å²) in [6, 6.07) is 14.8. The number of aliphatic carboxylic acids is 1. The summed E-state index contributed by atoms with van der Waals surface area (Å²) in [5, 5.41) is 9.22. The van der Waals surface area contributed by atoms with E-state index in [-0.39, 0.29) is 4.90 Å². The van der Waals surface area contributed by atoms with Crippen LogP contribution in [0.4, 0.5) is 5.69 Å². The van der Waals surface area contributed by atoms with Crippen molar-refractivity contribution in [3.05, 3.63) is 60.7 Å². The van der Waals surface area contributed by atoms with Crippen molar-refractivity contribution in [1.82, 2.24) is 0 Å². The van der Waals surface area contributed by atoms with Gasteiger partial charge in [0.15, 0.2) is 0 Å². The number of hydrogen-bond donors (Lipinski definition) is 1. The Balaban J connectivity index is 2.58. The molecule has 2 aromatic carbocycles. The minimum Gasteiger partial charge on any atom is -0.480 e. The first-order chi connectivity index (χ1) is 9.94. The van der Waals surface area contributed by atoms with Crippen molar-refractivity contribution in [1.29, 1.82) is 0 Å². The van der Waals surface area contributed by atoms with Crippen LogP contribution in [0.15, 0.2) is 65.6 Å². The summed E-state index contributed by atoms with van der Waals surface area (Å²) in [4.78, 5) is 11.3. The number of carbonyl (C=O) groups is 1. The van der Waals surface area contributed by atoms with E-state index < -0.39 is 22.0 Å². The average molecular weight is 305 g/mol. The van der Waals surface area contributed by atoms with Gasteiger partial charge in [-0.2, -0.15) is 0 Å². The number of carboxylic acids is 1. The molecule has 0 aromatic heterocycles. The number of para-hydroxylation sites is 1. The van der Waals surface area contributed by atoms with Gasteiger partial charge in [0.1, 0.15) is 6.04 Å². The molecule has 0 radical (unpaired) electrons. The zero-order valence-corrected chi connectivity index (χ0v) is 12.2. The molecule has 0 aliphatic heterocycles. The Morgan fingerprint density at radius 3 is 1.95 bits per heavy atom. The summed E-state index contributed by atoms with van der Waals surface area (Å²) in [5.74, 6) is -1.21. The number of carboxylic acid groups (broad SMARTS) is 1. The van der Waals surface area contributed by atoms with Crippen molar-refractivity contribution in [2.75, 3.05) is 4.31 Å². The second-order valence-corrected chi connectivity index (χ2v) is 6.28. The standard InChI is InChI=1S/C15H15NO4S/c1-12(15(17)18)16(13-8-4-2-5-9-13)21(19,20)14-10-6-3-7-11-14/h2-12H,1H3,(H,17,18)/t12-/m0/s1. The van der Waals surface area contributed by atoms with E-state index in [0.29, 0.717) is 5.69 Å². The maximum atomic E-state index is 12.7. The molecule has 0 bridgehead atoms. The molecule has 0 heterocycles. The third-order valence-corrected chi connectivity index (χ3v) is 4.93. The highest BCUT2D eigenvalue weighted by molar-refractivity contribution is 7.92. The van der Waals surface area contributed by atoms with Crippen molar-refractivity contribution >= 4 is 21.7 Å². The number of benzene rings is 2. The minimum atomic E-state index is -3.95. The van der Waals surface area contributed by atoms with E-state index in [9.17, 15) is 18.3 Å². The molecule has 1 N–H and O–H groups in total. The maximum Gasteiger partial charge on any atom is 0.327 e. The fourth-order valence-electron chi connectivity index (χ4n) is 1.95. The number of nitrogens with zero attached hydrogens (tertiary/aromatic N) is 1. The minimum absolute atomic E-state index is 0.0574. The Kier molecular flexibility index (Phi) is 4.28. The molecule has 0 saturated carbocycles. The molecule has 5 nitrogen and oxygen atoms in total. The lowest BCUT2D eigenvalue weighted by Crippen LogP contribution is -2.43. The van der Waals surface area contributed by atoms with Crippen molar-refractivity contribution in [3.63, 3.8) is 0 Å². The van der Waals surface area contributed by atoms with Crippen molar-refractivity contribution in [2.45, 2.75) is 17.9 Å². The van der Waals surface area contributed by atoms with E-state index in [2.05, 4.69) is 0 Å². The SMILES string of the molecule is C[C@@H](C(=O)O)N(c1ccccc1)S(=O)(=O)c1ccccc1. The Morgan fingerprint density at radius 2 is 1.48 bits per heavy atom. The molecule has 0 spiro atoms. The second kappa shape index (κ2) is 5.97. The summed E-state index contributed by atoms with van der Waals surface area (Å²) in [7, 11) is -3.95. The van der Waals surface area contributed by atoms with E-state index in [1.54, 1.807) is 48.5 Å². The third-order valence-electron chi connectivity index (χ3n) is 3.02. The topological polar surface area (TPSA) is 74.7 Å². The van der Waals surface area contributed by atoms with Crippen LogP contribution in [0.25, 0.3) is 0 Å². The zero-order valence-electron chi connectivity index (χ0n) is 11.4. The first kappa shape index (κ1) is 15.1. The monoisotopic (exact) mass is 305 g/mol. The summed E-state index contributed by atoms with van der Waals surface area (Å²) in [5.41, 5.74) is 0.316. The lowest BCUT2D eigenvalue weighted by atomic mass is 10.2. The molecule has 2 rings (SSSR count). The lowest BCUT2D eigenvalue weighted by Gasteiger charge is -2.27. The summed E-state index contributed by atoms with van der Waals surface area (Å²) in [6.45, 7) is 1.34. The van der Waals surface area contributed by atoms with Gasteiger partial charge in [-0.3, -0.25) is 4.31 Å². The molecule has 0 unspecified atom stereocenters. The van der Waals surface area contributed by atoms with Crippen molar-refractivity contribution in [2.24, 2.45) is 0 Å². The normalized spacial score (nSPS) is 12.6. The Hall–Kier alpha value is -2.34. The number of hydrogen-bond acceptors (Lipinski definition) is 3. The van der Waals surface area contributed by atoms with Crippen LogP contribution in [0.2, 0.25) is 0 Å². The molecule has 0 aliphatic rings. The largest absolute Gasteiger partial charge is 0.480 e. The van der Waals surface area contributed by atoms with Crippen LogP contribution in [0, 0.1) is 0 Å². The summed E-state index contributed by atoms with van der Waals surface area (Å²) >= 11 is 0. The lowest BCUT2D eigenvalue weighted by molar-refractivity contribution is -0.137. The van der Waals surface area contributed by atoms with Gasteiger partial charge in [0.2, 0.25) is 0 Å². The molecule has 0 aliphatic carbocycles. The van der Waals surface area contributed by atoms with Gasteiger partial charge in [0.25, 0.3) is 10.0 Å². The number of anilines is 1. The molecule has 1 atom stereocenters. The molecule has 2 aromatic rings. The molecule has 0 amide bonds. The van der Waals surface area contributed by atoms with E-state index in [0.717, 1.165) is 4.31 Å². The van der Waals surface area contributed by atoms with Crippen LogP contribution >= 0.6 is 0 Å². The van der Waals surface area contributed by atoms with Gasteiger partial charge in [-0.05, 0) is 31.2 Å². The first-order valence-corrected chi connectivity index (χ1v) is 7.76. The highest BCUT2D eigenvalue weighted by Crippen LogP contribution is 2.25. The Bertz CT molecular complexity index is 714. The molecule has 110 valence electrons. The van der Waals surface area contributed by atoms with E-state index in [4.69, 9.17) is 0 Å². The highest BCUT2D eigenvalue weighted by Gasteiger charge is 2.32. The van der Waals surface area contributed by atoms with Crippen molar-refractivity contribution < 1.29 is 18.3 Å². The van der Waals surface area contributed by atoms with Gasteiger partial charge in [-0.1, -0.05) is 36.4 Å². The zero-order chi connectivity index (χ0) is 15.5. The quantitative estimate of drug-likeness (QED) is 0.920. The third kappa shape index (κ3) is 3.05. The predicted octanol–water partition coefficient (Wildman–Crippen LogP) is 2.36. The number of sulfonamides is 1. The molecule has 6 heteroatoms. The second-order valence-electron chi connectivity index (χ2n) is 4.46. The van der Waals surface area contributed by atoms with E-state index in [1.807, 2.05) is 0 Å². The molecular formula is C15H15NO4S. The van der Waals surface area contributed by atoms with Crippen molar-refractivity contribution in [3.8, 4) is 0 Å². The molecule has 21 heavy (non-hydrogen) atoms. The fourth-order valence-corrected chi connectivity index (χ4v) is 3.59. The van der Waals surface area contributed by atoms with Crippen LogP contribution in [0.3, 0.4) is 0 Å². The molecular weight excluding hydrogens is 290 g/mol.